The molecule has 31 heavy (non-hydrogen) atoms. The summed E-state index contributed by atoms with van der Waals surface area (Å²) in [5, 5.41) is 2.99. The van der Waals surface area contributed by atoms with E-state index >= 15 is 0 Å². The lowest BCUT2D eigenvalue weighted by Gasteiger charge is -2.14. The van der Waals surface area contributed by atoms with E-state index in [4.69, 9.17) is 0 Å². The number of benzene rings is 1. The molecule has 10 nitrogen and oxygen atoms in total. The lowest BCUT2D eigenvalue weighted by Crippen LogP contribution is -2.29. The van der Waals surface area contributed by atoms with E-state index in [1.807, 2.05) is 37.3 Å². The third kappa shape index (κ3) is 4.18. The van der Waals surface area contributed by atoms with Gasteiger partial charge in [-0.3, -0.25) is 19.1 Å². The van der Waals surface area contributed by atoms with Crippen molar-refractivity contribution in [3.8, 4) is 11.3 Å². The van der Waals surface area contributed by atoms with E-state index in [-0.39, 0.29) is 29.5 Å². The molecule has 1 unspecified atom stereocenters. The van der Waals surface area contributed by atoms with E-state index in [1.165, 1.54) is 11.6 Å². The van der Waals surface area contributed by atoms with E-state index in [9.17, 15) is 14.4 Å². The van der Waals surface area contributed by atoms with Crippen LogP contribution in [0.2, 0.25) is 0 Å². The van der Waals surface area contributed by atoms with Crippen LogP contribution in [-0.2, 0) is 18.3 Å². The van der Waals surface area contributed by atoms with Gasteiger partial charge in [0.15, 0.2) is 5.65 Å². The fourth-order valence-corrected chi connectivity index (χ4v) is 3.41. The van der Waals surface area contributed by atoms with Crippen LogP contribution in [0.3, 0.4) is 0 Å². The van der Waals surface area contributed by atoms with Gasteiger partial charge in [0.25, 0.3) is 5.56 Å². The van der Waals surface area contributed by atoms with Crippen molar-refractivity contribution < 1.29 is 4.79 Å². The first-order valence-corrected chi connectivity index (χ1v) is 10.0. The van der Waals surface area contributed by atoms with Crippen molar-refractivity contribution >= 4 is 17.1 Å². The van der Waals surface area contributed by atoms with Crippen molar-refractivity contribution in [1.82, 2.24) is 34.8 Å². The normalized spacial score (nSPS) is 12.2. The van der Waals surface area contributed by atoms with E-state index < -0.39 is 11.2 Å². The first-order valence-electron chi connectivity index (χ1n) is 10.0. The summed E-state index contributed by atoms with van der Waals surface area (Å²) in [6, 6.07) is 9.60. The monoisotopic (exact) mass is 421 g/mol. The van der Waals surface area contributed by atoms with Crippen LogP contribution in [0.4, 0.5) is 0 Å². The molecule has 0 aliphatic carbocycles. The van der Waals surface area contributed by atoms with Crippen molar-refractivity contribution in [2.45, 2.75) is 32.2 Å². The standard InChI is InChI=1S/C21H23N7O3/c1-3-13(18-22-11-14(24-18)12-7-5-4-6-8-12)23-16(29)10-9-15-25-17-19(26-15)28(2)21(31)27-20(17)30/h4-8,11,13H,3,9-10H2,1-2H3,(H,22,24)(H,23,29)(H,25,26)(H,27,30,31). The number of carbonyl (C=O) groups excluding carboxylic acids is 1. The summed E-state index contributed by atoms with van der Waals surface area (Å²) >= 11 is 0. The molecule has 160 valence electrons. The minimum absolute atomic E-state index is 0.159. The molecule has 3 aromatic heterocycles. The summed E-state index contributed by atoms with van der Waals surface area (Å²) in [6.45, 7) is 1.97. The fraction of sp³-hybridized carbons (Fsp3) is 0.286. The van der Waals surface area contributed by atoms with Gasteiger partial charge in [-0.25, -0.2) is 14.8 Å². The maximum Gasteiger partial charge on any atom is 0.329 e. The summed E-state index contributed by atoms with van der Waals surface area (Å²) in [5.74, 6) is 1.00. The second kappa shape index (κ2) is 8.42. The Morgan fingerprint density at radius 2 is 1.94 bits per heavy atom. The highest BCUT2D eigenvalue weighted by Crippen LogP contribution is 2.20. The molecular weight excluding hydrogens is 398 g/mol. The van der Waals surface area contributed by atoms with Crippen LogP contribution in [0.25, 0.3) is 22.4 Å². The van der Waals surface area contributed by atoms with E-state index in [0.717, 1.165) is 11.3 Å². The molecule has 0 radical (unpaired) electrons. The molecule has 3 heterocycles. The van der Waals surface area contributed by atoms with Gasteiger partial charge >= 0.3 is 5.69 Å². The average Bonchev–Trinajstić information content (AvgIpc) is 3.43. The molecule has 0 spiro atoms. The molecule has 1 aromatic carbocycles. The minimum atomic E-state index is -0.535. The number of aromatic amines is 3. The van der Waals surface area contributed by atoms with Gasteiger partial charge in [-0.15, -0.1) is 0 Å². The lowest BCUT2D eigenvalue weighted by molar-refractivity contribution is -0.121. The highest BCUT2D eigenvalue weighted by Gasteiger charge is 2.17. The molecule has 1 atom stereocenters. The lowest BCUT2D eigenvalue weighted by atomic mass is 10.2. The predicted octanol–water partition coefficient (Wildman–Crippen LogP) is 1.54. The summed E-state index contributed by atoms with van der Waals surface area (Å²) < 4.78 is 1.26. The van der Waals surface area contributed by atoms with Crippen molar-refractivity contribution in [3.63, 3.8) is 0 Å². The molecule has 4 aromatic rings. The molecule has 0 saturated carbocycles. The number of carbonyl (C=O) groups is 1. The van der Waals surface area contributed by atoms with Gasteiger partial charge in [0, 0.05) is 19.9 Å². The van der Waals surface area contributed by atoms with Gasteiger partial charge < -0.3 is 15.3 Å². The average molecular weight is 421 g/mol. The summed E-state index contributed by atoms with van der Waals surface area (Å²) in [4.78, 5) is 53.2. The number of nitrogens with one attached hydrogen (secondary N) is 4. The predicted molar refractivity (Wildman–Crippen MR) is 115 cm³/mol. The number of aromatic nitrogens is 6. The smallest absolute Gasteiger partial charge is 0.329 e. The van der Waals surface area contributed by atoms with Crippen LogP contribution in [-0.4, -0.2) is 35.4 Å². The molecule has 0 aliphatic rings. The molecule has 4 N–H and O–H groups in total. The third-order valence-electron chi connectivity index (χ3n) is 5.15. The number of amides is 1. The van der Waals surface area contributed by atoms with Crippen molar-refractivity contribution in [3.05, 3.63) is 69.0 Å². The first kappa shape index (κ1) is 20.3. The van der Waals surface area contributed by atoms with E-state index in [1.54, 1.807) is 6.20 Å². The summed E-state index contributed by atoms with van der Waals surface area (Å²) in [7, 11) is 1.52. The Hall–Kier alpha value is -3.95. The molecular formula is C21H23N7O3. The van der Waals surface area contributed by atoms with Gasteiger partial charge in [-0.2, -0.15) is 0 Å². The van der Waals surface area contributed by atoms with E-state index in [2.05, 4.69) is 30.2 Å². The Morgan fingerprint density at radius 3 is 2.68 bits per heavy atom. The molecule has 1 amide bonds. The van der Waals surface area contributed by atoms with Crippen molar-refractivity contribution in [1.29, 1.82) is 0 Å². The zero-order valence-corrected chi connectivity index (χ0v) is 17.2. The van der Waals surface area contributed by atoms with Crippen molar-refractivity contribution in [2.24, 2.45) is 7.05 Å². The van der Waals surface area contributed by atoms with Gasteiger partial charge in [-0.05, 0) is 12.0 Å². The van der Waals surface area contributed by atoms with Gasteiger partial charge in [0.1, 0.15) is 17.2 Å². The second-order valence-electron chi connectivity index (χ2n) is 7.28. The minimum Gasteiger partial charge on any atom is -0.346 e. The number of hydrogen-bond donors (Lipinski definition) is 4. The van der Waals surface area contributed by atoms with Gasteiger partial charge in [0.05, 0.1) is 17.9 Å². The fourth-order valence-electron chi connectivity index (χ4n) is 3.41. The van der Waals surface area contributed by atoms with Crippen LogP contribution in [0.5, 0.6) is 0 Å². The highest BCUT2D eigenvalue weighted by atomic mass is 16.2. The number of aryl methyl sites for hydroxylation is 2. The number of H-pyrrole nitrogens is 3. The number of nitrogens with zero attached hydrogens (tertiary/aromatic N) is 3. The topological polar surface area (TPSA) is 141 Å². The summed E-state index contributed by atoms with van der Waals surface area (Å²) in [6.07, 6.45) is 2.91. The summed E-state index contributed by atoms with van der Waals surface area (Å²) in [5.41, 5.74) is 1.33. The maximum absolute atomic E-state index is 12.5. The Morgan fingerprint density at radius 1 is 1.16 bits per heavy atom. The van der Waals surface area contributed by atoms with E-state index in [0.29, 0.717) is 24.5 Å². The Balaban J connectivity index is 1.42. The Kier molecular flexibility index (Phi) is 5.52. The quantitative estimate of drug-likeness (QED) is 0.358. The third-order valence-corrected chi connectivity index (χ3v) is 5.15. The van der Waals surface area contributed by atoms with Gasteiger partial charge in [-0.1, -0.05) is 37.3 Å². The van der Waals surface area contributed by atoms with Crippen LogP contribution >= 0.6 is 0 Å². The molecule has 0 aliphatic heterocycles. The molecule has 10 heteroatoms. The number of imidazole rings is 2. The maximum atomic E-state index is 12.5. The first-order chi connectivity index (χ1) is 15.0. The largest absolute Gasteiger partial charge is 0.346 e. The second-order valence-corrected chi connectivity index (χ2v) is 7.28. The number of fused-ring (bicyclic) bond motifs is 1. The Labute approximate surface area is 176 Å². The SMILES string of the molecule is CCC(NC(=O)CCc1nc2c([nH]1)c(=O)[nH]c(=O)n2C)c1ncc(-c2ccccc2)[nH]1. The van der Waals surface area contributed by atoms with Crippen LogP contribution in [0.1, 0.15) is 37.5 Å². The van der Waals surface area contributed by atoms with Crippen LogP contribution < -0.4 is 16.6 Å². The zero-order valence-electron chi connectivity index (χ0n) is 17.2. The Bertz CT molecular complexity index is 1330. The number of hydrogen-bond acceptors (Lipinski definition) is 5. The van der Waals surface area contributed by atoms with Crippen LogP contribution in [0, 0.1) is 0 Å². The zero-order chi connectivity index (χ0) is 22.0. The van der Waals surface area contributed by atoms with Crippen LogP contribution in [0.15, 0.2) is 46.1 Å². The van der Waals surface area contributed by atoms with Gasteiger partial charge in [0.2, 0.25) is 5.91 Å². The molecule has 0 fully saturated rings. The molecule has 0 bridgehead atoms. The number of rotatable bonds is 7. The molecule has 0 saturated heterocycles. The highest BCUT2D eigenvalue weighted by molar-refractivity contribution is 5.77. The van der Waals surface area contributed by atoms with Crippen molar-refractivity contribution in [2.75, 3.05) is 0 Å². The molecule has 4 rings (SSSR count).